The molecule has 0 spiro atoms. The molecular weight excluding hydrogens is 214 g/mol. The first-order valence-electron chi connectivity index (χ1n) is 4.59. The summed E-state index contributed by atoms with van der Waals surface area (Å²) in [5.74, 6) is 0. The largest absolute Gasteiger partial charge is 1.00 e. The molecule has 0 aliphatic carbocycles. The Labute approximate surface area is 95.6 Å². The Kier molecular flexibility index (Phi) is 5.68. The van der Waals surface area contributed by atoms with Gasteiger partial charge in [-0.2, -0.15) is 0 Å². The molecule has 0 saturated heterocycles. The Hall–Kier alpha value is -1.31. The number of hydrogen-bond acceptors (Lipinski definition) is 3. The molecule has 1 rings (SSSR count). The summed E-state index contributed by atoms with van der Waals surface area (Å²) in [5, 5.41) is 17.9. The van der Waals surface area contributed by atoms with Gasteiger partial charge in [0, 0.05) is 24.4 Å². The lowest BCUT2D eigenvalue weighted by molar-refractivity contribution is -0.00000534. The molecule has 1 unspecified atom stereocenters. The molecule has 82 valence electrons. The fourth-order valence-corrected chi connectivity index (χ4v) is 1.37. The highest BCUT2D eigenvalue weighted by molar-refractivity contribution is 5.55. The third-order valence-electron chi connectivity index (χ3n) is 2.09. The second-order valence-electron chi connectivity index (χ2n) is 3.03. The summed E-state index contributed by atoms with van der Waals surface area (Å²) in [6.45, 7) is 4.41. The van der Waals surface area contributed by atoms with Gasteiger partial charge in [0.15, 0.2) is 4.98 Å². The zero-order chi connectivity index (χ0) is 10.6. The van der Waals surface area contributed by atoms with Crippen LogP contribution < -0.4 is 17.3 Å². The molecule has 1 atom stereocenters. The molecule has 5 heteroatoms. The average Bonchev–Trinajstić information content (AvgIpc) is 2.19. The molecule has 0 aromatic heterocycles. The Morgan fingerprint density at radius 3 is 2.27 bits per heavy atom. The van der Waals surface area contributed by atoms with Gasteiger partial charge < -0.3 is 22.4 Å². The second kappa shape index (κ2) is 6.23. The smallest absolute Gasteiger partial charge is 0.385 e. The molecule has 0 heterocycles. The third kappa shape index (κ3) is 3.39. The van der Waals surface area contributed by atoms with Gasteiger partial charge in [0.1, 0.15) is 6.23 Å². The van der Waals surface area contributed by atoms with Crippen LogP contribution in [0.2, 0.25) is 0 Å². The Morgan fingerprint density at radius 1 is 1.40 bits per heavy atom. The minimum atomic E-state index is -0.517. The summed E-state index contributed by atoms with van der Waals surface area (Å²) in [6, 6.07) is 7.01. The molecule has 15 heavy (non-hydrogen) atoms. The van der Waals surface area contributed by atoms with Crippen LogP contribution in [0, 0.1) is 5.39 Å². The minimum absolute atomic E-state index is 0. The van der Waals surface area contributed by atoms with Gasteiger partial charge in [-0.3, -0.25) is 0 Å². The first kappa shape index (κ1) is 13.7. The normalized spacial score (nSPS) is 11.1. The van der Waals surface area contributed by atoms with E-state index in [0.717, 1.165) is 12.2 Å². The monoisotopic (exact) mass is 227 g/mol. The molecule has 4 nitrogen and oxygen atoms in total. The standard InChI is InChI=1S/C10H14N3O.ClH/c1-3-13(8(2)14)10-6-4-9(12-11)5-7-10;/h4-8,14H,3H2,1-2H3;1H/q+1;/p-1. The summed E-state index contributed by atoms with van der Waals surface area (Å²) in [7, 11) is 0. The van der Waals surface area contributed by atoms with E-state index in [0.29, 0.717) is 5.69 Å². The number of rotatable bonds is 3. The molecule has 0 radical (unpaired) electrons. The van der Waals surface area contributed by atoms with Crippen LogP contribution >= 0.6 is 0 Å². The summed E-state index contributed by atoms with van der Waals surface area (Å²) < 4.78 is 0. The maximum absolute atomic E-state index is 9.45. The molecule has 0 bridgehead atoms. The van der Waals surface area contributed by atoms with E-state index in [1.165, 1.54) is 0 Å². The Balaban J connectivity index is 0.00000196. The van der Waals surface area contributed by atoms with Crippen LogP contribution in [0.25, 0.3) is 4.98 Å². The van der Waals surface area contributed by atoms with Crippen LogP contribution in [0.3, 0.4) is 0 Å². The SMILES string of the molecule is CCN(c1ccc([N+]#N)cc1)C(C)O.[Cl-]. The maximum atomic E-state index is 9.45. The molecule has 1 N–H and O–H groups in total. The molecular formula is C10H14ClN3O. The van der Waals surface area contributed by atoms with Crippen LogP contribution in [0.4, 0.5) is 11.4 Å². The average molecular weight is 228 g/mol. The van der Waals surface area contributed by atoms with Crippen molar-refractivity contribution in [3.63, 3.8) is 0 Å². The lowest BCUT2D eigenvalue weighted by atomic mass is 10.2. The van der Waals surface area contributed by atoms with E-state index < -0.39 is 6.23 Å². The van der Waals surface area contributed by atoms with Gasteiger partial charge in [-0.1, -0.05) is 0 Å². The van der Waals surface area contributed by atoms with Gasteiger partial charge in [0.2, 0.25) is 5.39 Å². The van der Waals surface area contributed by atoms with Gasteiger partial charge in [0.25, 0.3) is 0 Å². The number of aliphatic hydroxyl groups excluding tert-OH is 1. The van der Waals surface area contributed by atoms with Crippen LogP contribution in [-0.2, 0) is 0 Å². The highest BCUT2D eigenvalue weighted by Gasteiger charge is 2.11. The number of anilines is 1. The number of benzene rings is 1. The van der Waals surface area contributed by atoms with Crippen LogP contribution in [0.15, 0.2) is 24.3 Å². The third-order valence-corrected chi connectivity index (χ3v) is 2.09. The molecule has 0 saturated carbocycles. The quantitative estimate of drug-likeness (QED) is 0.551. The van der Waals surface area contributed by atoms with Crippen molar-refractivity contribution in [3.05, 3.63) is 29.2 Å². The Bertz CT molecular complexity index is 332. The minimum Gasteiger partial charge on any atom is -1.00 e. The predicted molar refractivity (Wildman–Crippen MR) is 55.9 cm³/mol. The van der Waals surface area contributed by atoms with Gasteiger partial charge in [-0.05, 0) is 26.0 Å². The van der Waals surface area contributed by atoms with Gasteiger partial charge in [-0.25, -0.2) is 0 Å². The van der Waals surface area contributed by atoms with E-state index in [-0.39, 0.29) is 12.4 Å². The number of aliphatic hydroxyl groups is 1. The number of hydrogen-bond donors (Lipinski definition) is 1. The van der Waals surface area contributed by atoms with Gasteiger partial charge in [0.05, 0.1) is 0 Å². The van der Waals surface area contributed by atoms with Crippen molar-refractivity contribution in [1.29, 1.82) is 5.39 Å². The molecule has 0 aliphatic rings. The molecule has 1 aromatic carbocycles. The van der Waals surface area contributed by atoms with E-state index in [9.17, 15) is 5.11 Å². The number of halogens is 1. The van der Waals surface area contributed by atoms with Crippen molar-refractivity contribution in [1.82, 2.24) is 0 Å². The zero-order valence-corrected chi connectivity index (χ0v) is 9.52. The molecule has 0 amide bonds. The van der Waals surface area contributed by atoms with Crippen molar-refractivity contribution in [2.45, 2.75) is 20.1 Å². The highest BCUT2D eigenvalue weighted by atomic mass is 35.5. The number of nitrogens with zero attached hydrogens (tertiary/aromatic N) is 3. The van der Waals surface area contributed by atoms with E-state index in [1.54, 1.807) is 19.1 Å². The fourth-order valence-electron chi connectivity index (χ4n) is 1.37. The van der Waals surface area contributed by atoms with Gasteiger partial charge >= 0.3 is 5.69 Å². The zero-order valence-electron chi connectivity index (χ0n) is 8.76. The van der Waals surface area contributed by atoms with Crippen molar-refractivity contribution in [2.24, 2.45) is 0 Å². The first-order valence-corrected chi connectivity index (χ1v) is 4.59. The van der Waals surface area contributed by atoms with Crippen molar-refractivity contribution < 1.29 is 17.5 Å². The summed E-state index contributed by atoms with van der Waals surface area (Å²) in [6.07, 6.45) is -0.517. The van der Waals surface area contributed by atoms with Crippen molar-refractivity contribution in [3.8, 4) is 0 Å². The van der Waals surface area contributed by atoms with Gasteiger partial charge in [-0.15, -0.1) is 0 Å². The first-order chi connectivity index (χ1) is 6.69. The van der Waals surface area contributed by atoms with Crippen LogP contribution in [0.1, 0.15) is 13.8 Å². The summed E-state index contributed by atoms with van der Waals surface area (Å²) >= 11 is 0. The van der Waals surface area contributed by atoms with Crippen LogP contribution in [-0.4, -0.2) is 17.9 Å². The Morgan fingerprint density at radius 2 is 1.93 bits per heavy atom. The fraction of sp³-hybridized carbons (Fsp3) is 0.400. The topological polar surface area (TPSA) is 51.6 Å². The second-order valence-corrected chi connectivity index (χ2v) is 3.03. The van der Waals surface area contributed by atoms with Crippen molar-refractivity contribution in [2.75, 3.05) is 11.4 Å². The van der Waals surface area contributed by atoms with Crippen LogP contribution in [0.5, 0.6) is 0 Å². The van der Waals surface area contributed by atoms with E-state index >= 15 is 0 Å². The molecule has 0 aliphatic heterocycles. The van der Waals surface area contributed by atoms with E-state index in [4.69, 9.17) is 5.39 Å². The maximum Gasteiger partial charge on any atom is 0.385 e. The lowest BCUT2D eigenvalue weighted by Crippen LogP contribution is -3.00. The lowest BCUT2D eigenvalue weighted by Gasteiger charge is -2.25. The summed E-state index contributed by atoms with van der Waals surface area (Å²) in [4.78, 5) is 4.90. The molecule has 1 aromatic rings. The van der Waals surface area contributed by atoms with Crippen molar-refractivity contribution >= 4 is 11.4 Å². The molecule has 0 fully saturated rings. The van der Waals surface area contributed by atoms with E-state index in [2.05, 4.69) is 4.98 Å². The highest BCUT2D eigenvalue weighted by Crippen LogP contribution is 2.20. The number of diazo groups is 1. The van der Waals surface area contributed by atoms with E-state index in [1.807, 2.05) is 24.0 Å². The summed E-state index contributed by atoms with van der Waals surface area (Å²) in [5.41, 5.74) is 1.42. The predicted octanol–water partition coefficient (Wildman–Crippen LogP) is -0.660.